The average Bonchev–Trinajstić information content (AvgIpc) is 3.79. The Kier molecular flexibility index (Phi) is 7.53. The number of fused-ring (bicyclic) bond motifs is 6. The van der Waals surface area contributed by atoms with Crippen LogP contribution in [0.2, 0.25) is 0 Å². The first-order chi connectivity index (χ1) is 27.8. The van der Waals surface area contributed by atoms with E-state index in [1.165, 1.54) is 93.8 Å². The number of nitrogens with zero attached hydrogens (tertiary/aromatic N) is 2. The lowest BCUT2D eigenvalue weighted by Crippen LogP contribution is -1.93. The molecule has 0 saturated heterocycles. The molecule has 0 aliphatic carbocycles. The summed E-state index contributed by atoms with van der Waals surface area (Å²) in [5.74, 6) is 0. The normalized spacial score (nSPS) is 11.6. The van der Waals surface area contributed by atoms with Gasteiger partial charge in [-0.1, -0.05) is 152 Å². The van der Waals surface area contributed by atoms with Crippen molar-refractivity contribution in [3.63, 3.8) is 0 Å². The Bertz CT molecular complexity index is 3190. The van der Waals surface area contributed by atoms with Crippen molar-refractivity contribution < 1.29 is 0 Å². The number of aromatic nitrogens is 2. The van der Waals surface area contributed by atoms with Gasteiger partial charge in [-0.25, -0.2) is 0 Å². The summed E-state index contributed by atoms with van der Waals surface area (Å²) < 4.78 is 4.76. The molecular weight excluding hydrogens is 677 g/mol. The predicted molar refractivity (Wildman–Crippen MR) is 237 cm³/mol. The zero-order valence-corrected chi connectivity index (χ0v) is 30.7. The molecule has 0 aliphatic heterocycles. The minimum Gasteiger partial charge on any atom is -0.309 e. The summed E-state index contributed by atoms with van der Waals surface area (Å²) >= 11 is 0. The lowest BCUT2D eigenvalue weighted by molar-refractivity contribution is 1.18. The van der Waals surface area contributed by atoms with E-state index in [4.69, 9.17) is 0 Å². The number of benzene rings is 9. The van der Waals surface area contributed by atoms with Crippen LogP contribution < -0.4 is 0 Å². The van der Waals surface area contributed by atoms with Crippen LogP contribution in [-0.2, 0) is 0 Å². The van der Waals surface area contributed by atoms with Gasteiger partial charge < -0.3 is 9.13 Å². The minimum atomic E-state index is 1.16. The van der Waals surface area contributed by atoms with E-state index in [9.17, 15) is 0 Å². The highest BCUT2D eigenvalue weighted by molar-refractivity contribution is 6.12. The van der Waals surface area contributed by atoms with Crippen molar-refractivity contribution in [2.24, 2.45) is 0 Å². The predicted octanol–water partition coefficient (Wildman–Crippen LogP) is 14.5. The van der Waals surface area contributed by atoms with Crippen molar-refractivity contribution in [3.05, 3.63) is 218 Å². The first kappa shape index (κ1) is 32.0. The Hall–Kier alpha value is -7.42. The van der Waals surface area contributed by atoms with Gasteiger partial charge in [-0.15, -0.1) is 0 Å². The van der Waals surface area contributed by atoms with E-state index in [1.54, 1.807) is 0 Å². The van der Waals surface area contributed by atoms with Crippen LogP contribution >= 0.6 is 0 Å². The zero-order chi connectivity index (χ0) is 37.0. The van der Waals surface area contributed by atoms with Gasteiger partial charge in [0.05, 0.1) is 22.1 Å². The molecule has 0 fully saturated rings. The van der Waals surface area contributed by atoms with Gasteiger partial charge in [0.1, 0.15) is 0 Å². The molecule has 56 heavy (non-hydrogen) atoms. The highest BCUT2D eigenvalue weighted by Crippen LogP contribution is 2.39. The fraction of sp³-hybridized carbons (Fsp3) is 0. The van der Waals surface area contributed by atoms with Crippen LogP contribution in [0.5, 0.6) is 0 Å². The Morgan fingerprint density at radius 2 is 0.482 bits per heavy atom. The molecule has 0 amide bonds. The second kappa shape index (κ2) is 13.2. The van der Waals surface area contributed by atoms with Crippen LogP contribution in [0, 0.1) is 0 Å². The number of hydrogen-bond donors (Lipinski definition) is 0. The Balaban J connectivity index is 0.987. The highest BCUT2D eigenvalue weighted by atomic mass is 15.0. The maximum atomic E-state index is 2.39. The van der Waals surface area contributed by atoms with E-state index in [0.29, 0.717) is 0 Å². The van der Waals surface area contributed by atoms with Gasteiger partial charge >= 0.3 is 0 Å². The quantitative estimate of drug-likeness (QED) is 0.162. The van der Waals surface area contributed by atoms with E-state index in [0.717, 1.165) is 5.69 Å². The monoisotopic (exact) mass is 712 g/mol. The van der Waals surface area contributed by atoms with Crippen LogP contribution in [0.4, 0.5) is 0 Å². The van der Waals surface area contributed by atoms with E-state index >= 15 is 0 Å². The molecule has 0 saturated carbocycles. The Morgan fingerprint density at radius 1 is 0.196 bits per heavy atom. The summed E-state index contributed by atoms with van der Waals surface area (Å²) in [6, 6.07) is 79.4. The first-order valence-corrected chi connectivity index (χ1v) is 19.3. The second-order valence-corrected chi connectivity index (χ2v) is 14.6. The molecule has 2 heteroatoms. The SMILES string of the molecule is c1ccc(-c2ccc(-c3ccc4c(c3)c3cc(-c5ccc(-c6ccc7c(c6)c6ccccc6n7-c6ccccc6)cc5)ccc3n4-c3ccccc3)cc2)cc1. The fourth-order valence-electron chi connectivity index (χ4n) is 8.59. The smallest absolute Gasteiger partial charge is 0.0541 e. The summed E-state index contributed by atoms with van der Waals surface area (Å²) in [6.45, 7) is 0. The zero-order valence-electron chi connectivity index (χ0n) is 30.7. The van der Waals surface area contributed by atoms with Gasteiger partial charge in [0.25, 0.3) is 0 Å². The molecule has 0 N–H and O–H groups in total. The standard InChI is InChI=1S/C54H36N2/c1-4-12-37(13-5-1)38-20-22-39(23-21-38)43-29-32-53-49(35-43)50-36-44(30-33-54(50)56(53)46-16-8-3-9-17-46)41-26-24-40(25-27-41)42-28-31-52-48(34-42)47-18-10-11-19-51(47)55(52)45-14-6-2-7-15-45/h1-36H. The minimum absolute atomic E-state index is 1.16. The van der Waals surface area contributed by atoms with Crippen molar-refractivity contribution in [3.8, 4) is 55.9 Å². The van der Waals surface area contributed by atoms with Crippen molar-refractivity contribution in [2.45, 2.75) is 0 Å². The van der Waals surface area contributed by atoms with Crippen LogP contribution in [-0.4, -0.2) is 9.13 Å². The maximum Gasteiger partial charge on any atom is 0.0541 e. The molecule has 0 aliphatic rings. The fourth-order valence-corrected chi connectivity index (χ4v) is 8.59. The molecule has 0 spiro atoms. The third kappa shape index (κ3) is 5.34. The Morgan fingerprint density at radius 3 is 0.911 bits per heavy atom. The third-order valence-electron chi connectivity index (χ3n) is 11.3. The van der Waals surface area contributed by atoms with Gasteiger partial charge in [0.15, 0.2) is 0 Å². The Labute approximate surface area is 325 Å². The molecule has 9 aromatic carbocycles. The van der Waals surface area contributed by atoms with Gasteiger partial charge in [-0.2, -0.15) is 0 Å². The summed E-state index contributed by atoms with van der Waals surface area (Å²) in [4.78, 5) is 0. The molecule has 2 nitrogen and oxygen atoms in total. The number of rotatable bonds is 6. The molecule has 0 radical (unpaired) electrons. The lowest BCUT2D eigenvalue weighted by atomic mass is 9.97. The van der Waals surface area contributed by atoms with E-state index in [-0.39, 0.29) is 0 Å². The molecule has 2 aromatic heterocycles. The highest BCUT2D eigenvalue weighted by Gasteiger charge is 2.16. The third-order valence-corrected chi connectivity index (χ3v) is 11.3. The summed E-state index contributed by atoms with van der Waals surface area (Å²) in [6.07, 6.45) is 0. The van der Waals surface area contributed by atoms with Crippen molar-refractivity contribution in [1.29, 1.82) is 0 Å². The summed E-state index contributed by atoms with van der Waals surface area (Å²) in [5, 5.41) is 5.02. The molecular formula is C54H36N2. The number of para-hydroxylation sites is 3. The first-order valence-electron chi connectivity index (χ1n) is 19.3. The van der Waals surface area contributed by atoms with Crippen LogP contribution in [0.25, 0.3) is 99.5 Å². The van der Waals surface area contributed by atoms with Gasteiger partial charge in [-0.3, -0.25) is 0 Å². The maximum absolute atomic E-state index is 2.39. The second-order valence-electron chi connectivity index (χ2n) is 14.6. The molecule has 0 atom stereocenters. The van der Waals surface area contributed by atoms with Gasteiger partial charge in [0, 0.05) is 32.9 Å². The van der Waals surface area contributed by atoms with Crippen LogP contribution in [0.1, 0.15) is 0 Å². The van der Waals surface area contributed by atoms with Crippen molar-refractivity contribution in [1.82, 2.24) is 9.13 Å². The molecule has 0 bridgehead atoms. The van der Waals surface area contributed by atoms with Crippen molar-refractivity contribution >= 4 is 43.6 Å². The number of hydrogen-bond acceptors (Lipinski definition) is 0. The molecule has 11 aromatic rings. The molecule has 262 valence electrons. The van der Waals surface area contributed by atoms with E-state index < -0.39 is 0 Å². The molecule has 0 unspecified atom stereocenters. The van der Waals surface area contributed by atoms with Gasteiger partial charge in [0.2, 0.25) is 0 Å². The molecule has 2 heterocycles. The van der Waals surface area contributed by atoms with Crippen molar-refractivity contribution in [2.75, 3.05) is 0 Å². The van der Waals surface area contributed by atoms with Crippen LogP contribution in [0.3, 0.4) is 0 Å². The summed E-state index contributed by atoms with van der Waals surface area (Å²) in [7, 11) is 0. The average molecular weight is 713 g/mol. The van der Waals surface area contributed by atoms with Crippen LogP contribution in [0.15, 0.2) is 218 Å². The van der Waals surface area contributed by atoms with E-state index in [1.807, 2.05) is 0 Å². The topological polar surface area (TPSA) is 9.86 Å². The summed E-state index contributed by atoms with van der Waals surface area (Å²) in [5.41, 5.74) is 16.9. The molecule has 11 rings (SSSR count). The van der Waals surface area contributed by atoms with Gasteiger partial charge in [-0.05, 0) is 111 Å². The lowest BCUT2D eigenvalue weighted by Gasteiger charge is -2.09. The largest absolute Gasteiger partial charge is 0.309 e. The van der Waals surface area contributed by atoms with E-state index in [2.05, 4.69) is 228 Å².